The first-order valence-corrected chi connectivity index (χ1v) is 4.25. The molecule has 1 rings (SSSR count). The molecule has 0 aliphatic carbocycles. The highest BCUT2D eigenvalue weighted by Gasteiger charge is 2.39. The van der Waals surface area contributed by atoms with Crippen LogP contribution in [0.1, 0.15) is 23.2 Å². The Morgan fingerprint density at radius 2 is 2.00 bits per heavy atom. The minimum atomic E-state index is -5.19. The monoisotopic (exact) mass is 252 g/mol. The summed E-state index contributed by atoms with van der Waals surface area (Å²) < 4.78 is 62.0. The predicted molar refractivity (Wildman–Crippen MR) is 46.3 cm³/mol. The smallest absolute Gasteiger partial charge is 0.359 e. The number of halogens is 5. The number of nitrogens with one attached hydrogen (secondary N) is 1. The molecule has 0 aliphatic rings. The van der Waals surface area contributed by atoms with Crippen molar-refractivity contribution in [3.8, 4) is 6.07 Å². The van der Waals surface area contributed by atoms with Crippen LogP contribution >= 0.6 is 0 Å². The third-order valence-electron chi connectivity index (χ3n) is 1.96. The molecule has 0 aromatic carbocycles. The van der Waals surface area contributed by atoms with Crippen molar-refractivity contribution in [1.82, 2.24) is 4.98 Å². The molecule has 0 aliphatic heterocycles. The number of H-pyrrole nitrogens is 1. The average molecular weight is 252 g/mol. The number of hydrogen-bond acceptors (Lipinski definition) is 2. The van der Waals surface area contributed by atoms with Crippen molar-refractivity contribution < 1.29 is 22.0 Å². The van der Waals surface area contributed by atoms with Gasteiger partial charge in [0.1, 0.15) is 5.56 Å². The minimum absolute atomic E-state index is 0.496. The molecule has 0 fully saturated rings. The zero-order valence-corrected chi connectivity index (χ0v) is 8.11. The van der Waals surface area contributed by atoms with Crippen LogP contribution in [0.15, 0.2) is 11.0 Å². The molecule has 8 heteroatoms. The molecule has 1 N–H and O–H groups in total. The van der Waals surface area contributed by atoms with Crippen LogP contribution in [0.3, 0.4) is 0 Å². The first-order chi connectivity index (χ1) is 7.79. The lowest BCUT2D eigenvalue weighted by Crippen LogP contribution is -2.26. The molecule has 17 heavy (non-hydrogen) atoms. The van der Waals surface area contributed by atoms with Gasteiger partial charge in [0, 0.05) is 11.8 Å². The normalized spacial score (nSPS) is 11.6. The summed E-state index contributed by atoms with van der Waals surface area (Å²) in [5.41, 5.74) is -5.51. The van der Waals surface area contributed by atoms with Gasteiger partial charge in [-0.05, 0) is 0 Å². The topological polar surface area (TPSA) is 56.6 Å². The van der Waals surface area contributed by atoms with Crippen molar-refractivity contribution in [2.45, 2.75) is 19.0 Å². The van der Waals surface area contributed by atoms with Gasteiger partial charge in [-0.2, -0.15) is 18.4 Å². The van der Waals surface area contributed by atoms with E-state index in [-0.39, 0.29) is 0 Å². The largest absolute Gasteiger partial charge is 0.422 e. The standard InChI is InChI=1S/C9H5F5N2O/c10-8(11)6-5(9(12,13)14)7(17)4(1-2-15)3-16-6/h3,8H,1H2,(H,16,17). The molecule has 0 saturated heterocycles. The maximum atomic E-state index is 12.5. The van der Waals surface area contributed by atoms with E-state index in [1.165, 1.54) is 6.07 Å². The molecular formula is C9H5F5N2O. The van der Waals surface area contributed by atoms with Crippen LogP contribution in [0.5, 0.6) is 0 Å². The minimum Gasteiger partial charge on any atom is -0.359 e. The van der Waals surface area contributed by atoms with Gasteiger partial charge in [0.25, 0.3) is 6.43 Å². The van der Waals surface area contributed by atoms with Crippen LogP contribution in [-0.4, -0.2) is 4.98 Å². The van der Waals surface area contributed by atoms with E-state index in [4.69, 9.17) is 5.26 Å². The Balaban J connectivity index is 3.55. The average Bonchev–Trinajstić information content (AvgIpc) is 2.18. The summed E-state index contributed by atoms with van der Waals surface area (Å²) in [6, 6.07) is 1.48. The Morgan fingerprint density at radius 1 is 1.41 bits per heavy atom. The van der Waals surface area contributed by atoms with Gasteiger partial charge < -0.3 is 4.98 Å². The van der Waals surface area contributed by atoms with E-state index in [1.807, 2.05) is 0 Å². The lowest BCUT2D eigenvalue weighted by atomic mass is 10.1. The summed E-state index contributed by atoms with van der Waals surface area (Å²) in [6.45, 7) is 0. The van der Waals surface area contributed by atoms with E-state index in [0.717, 1.165) is 0 Å². The van der Waals surface area contributed by atoms with E-state index in [1.54, 1.807) is 4.98 Å². The highest BCUT2D eigenvalue weighted by atomic mass is 19.4. The number of pyridine rings is 1. The summed E-state index contributed by atoms with van der Waals surface area (Å²) in [6.07, 6.45) is -8.52. The summed E-state index contributed by atoms with van der Waals surface area (Å²) in [5.74, 6) is 0. The van der Waals surface area contributed by atoms with Gasteiger partial charge in [-0.3, -0.25) is 4.79 Å². The first-order valence-electron chi connectivity index (χ1n) is 4.25. The quantitative estimate of drug-likeness (QED) is 0.821. The van der Waals surface area contributed by atoms with E-state index < -0.39 is 41.3 Å². The number of rotatable bonds is 2. The maximum Gasteiger partial charge on any atom is 0.422 e. The molecule has 0 radical (unpaired) electrons. The van der Waals surface area contributed by atoms with Gasteiger partial charge in [-0.25, -0.2) is 8.78 Å². The molecule has 0 atom stereocenters. The lowest BCUT2D eigenvalue weighted by Gasteiger charge is -2.12. The molecule has 0 amide bonds. The van der Waals surface area contributed by atoms with Crippen molar-refractivity contribution >= 4 is 0 Å². The van der Waals surface area contributed by atoms with Crippen molar-refractivity contribution in [2.24, 2.45) is 0 Å². The number of alkyl halides is 5. The predicted octanol–water partition coefficient (Wildman–Crippen LogP) is 2.40. The number of aromatic nitrogens is 1. The summed E-state index contributed by atoms with van der Waals surface area (Å²) in [5, 5.41) is 8.28. The molecule has 1 aromatic rings. The molecule has 92 valence electrons. The van der Waals surface area contributed by atoms with E-state index >= 15 is 0 Å². The third kappa shape index (κ3) is 2.61. The van der Waals surface area contributed by atoms with Crippen LogP contribution < -0.4 is 5.43 Å². The molecule has 0 saturated carbocycles. The van der Waals surface area contributed by atoms with Gasteiger partial charge in [0.05, 0.1) is 18.2 Å². The summed E-state index contributed by atoms with van der Waals surface area (Å²) in [7, 11) is 0. The van der Waals surface area contributed by atoms with E-state index in [9.17, 15) is 26.7 Å². The van der Waals surface area contributed by atoms with Crippen molar-refractivity contribution in [1.29, 1.82) is 5.26 Å². The fourth-order valence-corrected chi connectivity index (χ4v) is 1.26. The Hall–Kier alpha value is -1.91. The Morgan fingerprint density at radius 3 is 2.41 bits per heavy atom. The fourth-order valence-electron chi connectivity index (χ4n) is 1.26. The van der Waals surface area contributed by atoms with Crippen LogP contribution in [0.2, 0.25) is 0 Å². The van der Waals surface area contributed by atoms with Crippen molar-refractivity contribution in [3.63, 3.8) is 0 Å². The van der Waals surface area contributed by atoms with E-state index in [0.29, 0.717) is 6.20 Å². The second kappa shape index (κ2) is 4.53. The van der Waals surface area contributed by atoms with Gasteiger partial charge >= 0.3 is 6.18 Å². The van der Waals surface area contributed by atoms with Gasteiger partial charge in [0.2, 0.25) is 0 Å². The highest BCUT2D eigenvalue weighted by Crippen LogP contribution is 2.32. The van der Waals surface area contributed by atoms with Gasteiger partial charge in [-0.1, -0.05) is 0 Å². The second-order valence-electron chi connectivity index (χ2n) is 3.07. The fraction of sp³-hybridized carbons (Fsp3) is 0.333. The number of nitriles is 1. The molecule has 1 aromatic heterocycles. The summed E-state index contributed by atoms with van der Waals surface area (Å²) >= 11 is 0. The van der Waals surface area contributed by atoms with E-state index in [2.05, 4.69) is 0 Å². The number of hydrogen-bond donors (Lipinski definition) is 1. The van der Waals surface area contributed by atoms with Gasteiger partial charge in [0.15, 0.2) is 5.43 Å². The molecule has 3 nitrogen and oxygen atoms in total. The number of aromatic amines is 1. The lowest BCUT2D eigenvalue weighted by molar-refractivity contribution is -0.140. The SMILES string of the molecule is N#CCc1c[nH]c(C(F)F)c(C(F)(F)F)c1=O. The molecule has 0 bridgehead atoms. The van der Waals surface area contributed by atoms with Gasteiger partial charge in [-0.15, -0.1) is 0 Å². The first kappa shape index (κ1) is 13.2. The maximum absolute atomic E-state index is 12.5. The Kier molecular flexibility index (Phi) is 3.50. The zero-order chi connectivity index (χ0) is 13.2. The van der Waals surface area contributed by atoms with Crippen LogP contribution in [-0.2, 0) is 12.6 Å². The number of nitrogens with zero attached hydrogens (tertiary/aromatic N) is 1. The Labute approximate surface area is 91.5 Å². The third-order valence-corrected chi connectivity index (χ3v) is 1.96. The molecule has 0 unspecified atom stereocenters. The van der Waals surface area contributed by atoms with Crippen LogP contribution in [0.4, 0.5) is 22.0 Å². The molecule has 0 spiro atoms. The van der Waals surface area contributed by atoms with Crippen molar-refractivity contribution in [2.75, 3.05) is 0 Å². The highest BCUT2D eigenvalue weighted by molar-refractivity contribution is 5.30. The molecule has 1 heterocycles. The summed E-state index contributed by atoms with van der Waals surface area (Å²) in [4.78, 5) is 13.0. The molecular weight excluding hydrogens is 247 g/mol. The Bertz CT molecular complexity index is 512. The zero-order valence-electron chi connectivity index (χ0n) is 8.11. The van der Waals surface area contributed by atoms with Crippen molar-refractivity contribution in [3.05, 3.63) is 33.2 Å². The van der Waals surface area contributed by atoms with Crippen LogP contribution in [0, 0.1) is 11.3 Å². The van der Waals surface area contributed by atoms with Crippen LogP contribution in [0.25, 0.3) is 0 Å². The second-order valence-corrected chi connectivity index (χ2v) is 3.07.